The summed E-state index contributed by atoms with van der Waals surface area (Å²) >= 11 is 0. The molecule has 0 aromatic heterocycles. The van der Waals surface area contributed by atoms with E-state index in [4.69, 9.17) is 4.74 Å². The Balaban J connectivity index is 2.62. The predicted molar refractivity (Wildman–Crippen MR) is 50.5 cm³/mol. The van der Waals surface area contributed by atoms with Crippen LogP contribution < -0.4 is 5.32 Å². The average Bonchev–Trinajstić information content (AvgIpc) is 2.04. The number of likely N-dealkylation sites (N-methyl/N-ethyl adjacent to an activating group) is 1. The van der Waals surface area contributed by atoms with Crippen LogP contribution in [0.2, 0.25) is 0 Å². The van der Waals surface area contributed by atoms with Crippen molar-refractivity contribution in [2.24, 2.45) is 0 Å². The first-order valence-corrected chi connectivity index (χ1v) is 4.70. The molecule has 76 valence electrons. The van der Waals surface area contributed by atoms with Crippen molar-refractivity contribution in [3.63, 3.8) is 0 Å². The van der Waals surface area contributed by atoms with E-state index in [9.17, 15) is 4.79 Å². The Labute approximate surface area is 79.2 Å². The van der Waals surface area contributed by atoms with Gasteiger partial charge in [-0.3, -0.25) is 4.79 Å². The van der Waals surface area contributed by atoms with Gasteiger partial charge in [0.1, 0.15) is 6.61 Å². The van der Waals surface area contributed by atoms with Gasteiger partial charge < -0.3 is 15.0 Å². The number of nitrogens with zero attached hydrogens (tertiary/aromatic N) is 1. The number of rotatable bonds is 3. The smallest absolute Gasteiger partial charge is 0.249 e. The van der Waals surface area contributed by atoms with Crippen molar-refractivity contribution in [3.8, 4) is 0 Å². The van der Waals surface area contributed by atoms with Crippen LogP contribution >= 0.6 is 0 Å². The first-order chi connectivity index (χ1) is 6.16. The van der Waals surface area contributed by atoms with Crippen LogP contribution in [-0.2, 0) is 9.53 Å². The molecule has 1 fully saturated rings. The molecule has 1 aliphatic rings. The molecule has 1 saturated heterocycles. The Morgan fingerprint density at radius 3 is 2.92 bits per heavy atom. The van der Waals surface area contributed by atoms with Crippen LogP contribution in [0.5, 0.6) is 0 Å². The Bertz CT molecular complexity index is 180. The molecule has 1 rings (SSSR count). The van der Waals surface area contributed by atoms with Gasteiger partial charge in [-0.2, -0.15) is 0 Å². The van der Waals surface area contributed by atoms with E-state index in [0.29, 0.717) is 6.61 Å². The van der Waals surface area contributed by atoms with Crippen molar-refractivity contribution in [3.05, 3.63) is 0 Å². The third kappa shape index (κ3) is 2.42. The molecule has 13 heavy (non-hydrogen) atoms. The van der Waals surface area contributed by atoms with Gasteiger partial charge in [0.15, 0.2) is 0 Å². The second-order valence-corrected chi connectivity index (χ2v) is 3.62. The molecule has 1 amide bonds. The van der Waals surface area contributed by atoms with Gasteiger partial charge in [0.2, 0.25) is 5.91 Å². The quantitative estimate of drug-likeness (QED) is 0.666. The zero-order chi connectivity index (χ0) is 9.84. The van der Waals surface area contributed by atoms with Crippen LogP contribution in [0.4, 0.5) is 0 Å². The fraction of sp³-hybridized carbons (Fsp3) is 0.889. The molecule has 4 nitrogen and oxygen atoms in total. The largest absolute Gasteiger partial charge is 0.369 e. The lowest BCUT2D eigenvalue weighted by Gasteiger charge is -2.38. The number of morpholine rings is 1. The van der Waals surface area contributed by atoms with Crippen LogP contribution in [0, 0.1) is 0 Å². The maximum absolute atomic E-state index is 11.5. The molecule has 4 heteroatoms. The third-order valence-electron chi connectivity index (χ3n) is 2.21. The molecule has 0 aromatic rings. The highest BCUT2D eigenvalue weighted by molar-refractivity contribution is 5.78. The van der Waals surface area contributed by atoms with Crippen LogP contribution in [0.25, 0.3) is 0 Å². The van der Waals surface area contributed by atoms with Gasteiger partial charge in [0.25, 0.3) is 0 Å². The van der Waals surface area contributed by atoms with E-state index in [1.807, 2.05) is 25.8 Å². The van der Waals surface area contributed by atoms with Crippen molar-refractivity contribution < 1.29 is 9.53 Å². The number of carbonyl (C=O) groups excluding carboxylic acids is 1. The fourth-order valence-corrected chi connectivity index (χ4v) is 1.74. The molecule has 1 unspecified atom stereocenters. The third-order valence-corrected chi connectivity index (χ3v) is 2.21. The Morgan fingerprint density at radius 1 is 1.69 bits per heavy atom. The molecule has 0 saturated carbocycles. The minimum absolute atomic E-state index is 0.0986. The van der Waals surface area contributed by atoms with E-state index >= 15 is 0 Å². The molecule has 0 aromatic carbocycles. The fourth-order valence-electron chi connectivity index (χ4n) is 1.74. The molecule has 1 aliphatic heterocycles. The van der Waals surface area contributed by atoms with Crippen molar-refractivity contribution in [1.29, 1.82) is 0 Å². The van der Waals surface area contributed by atoms with Crippen molar-refractivity contribution in [2.75, 3.05) is 26.8 Å². The van der Waals surface area contributed by atoms with E-state index in [2.05, 4.69) is 5.32 Å². The molecule has 0 radical (unpaired) electrons. The predicted octanol–water partition coefficient (Wildman–Crippen LogP) is -0.158. The number of hydrogen-bond donors (Lipinski definition) is 1. The van der Waals surface area contributed by atoms with Crippen molar-refractivity contribution in [1.82, 2.24) is 10.2 Å². The Morgan fingerprint density at radius 2 is 2.38 bits per heavy atom. The van der Waals surface area contributed by atoms with Crippen molar-refractivity contribution >= 4 is 5.91 Å². The van der Waals surface area contributed by atoms with E-state index in [1.165, 1.54) is 0 Å². The summed E-state index contributed by atoms with van der Waals surface area (Å²) in [4.78, 5) is 13.4. The SMILES string of the molecule is CNCC1COCC(=O)N1C(C)C. The number of amides is 1. The average molecular weight is 186 g/mol. The van der Waals surface area contributed by atoms with Gasteiger partial charge in [-0.25, -0.2) is 0 Å². The van der Waals surface area contributed by atoms with Gasteiger partial charge in [-0.1, -0.05) is 0 Å². The highest BCUT2D eigenvalue weighted by Crippen LogP contribution is 2.11. The summed E-state index contributed by atoms with van der Waals surface area (Å²) in [5.41, 5.74) is 0. The first kappa shape index (κ1) is 10.5. The number of hydrogen-bond acceptors (Lipinski definition) is 3. The lowest BCUT2D eigenvalue weighted by atomic mass is 10.1. The topological polar surface area (TPSA) is 41.6 Å². The monoisotopic (exact) mass is 186 g/mol. The highest BCUT2D eigenvalue weighted by Gasteiger charge is 2.29. The second-order valence-electron chi connectivity index (χ2n) is 3.62. The zero-order valence-electron chi connectivity index (χ0n) is 8.54. The molecule has 0 aliphatic carbocycles. The van der Waals surface area contributed by atoms with Crippen LogP contribution in [-0.4, -0.2) is 49.7 Å². The van der Waals surface area contributed by atoms with E-state index in [0.717, 1.165) is 6.54 Å². The number of ether oxygens (including phenoxy) is 1. The van der Waals surface area contributed by atoms with Gasteiger partial charge in [0.05, 0.1) is 12.6 Å². The number of carbonyl (C=O) groups is 1. The molecule has 1 heterocycles. The number of nitrogens with one attached hydrogen (secondary N) is 1. The highest BCUT2D eigenvalue weighted by atomic mass is 16.5. The summed E-state index contributed by atoms with van der Waals surface area (Å²) in [6, 6.07) is 0.445. The normalized spacial score (nSPS) is 24.2. The van der Waals surface area contributed by atoms with Gasteiger partial charge >= 0.3 is 0 Å². The zero-order valence-corrected chi connectivity index (χ0v) is 8.54. The summed E-state index contributed by atoms with van der Waals surface area (Å²) in [5, 5.41) is 3.07. The summed E-state index contributed by atoms with van der Waals surface area (Å²) < 4.78 is 5.20. The van der Waals surface area contributed by atoms with Crippen LogP contribution in [0.1, 0.15) is 13.8 Å². The van der Waals surface area contributed by atoms with Crippen LogP contribution in [0.15, 0.2) is 0 Å². The summed E-state index contributed by atoms with van der Waals surface area (Å²) in [6.45, 7) is 5.74. The summed E-state index contributed by atoms with van der Waals surface area (Å²) in [6.07, 6.45) is 0. The summed E-state index contributed by atoms with van der Waals surface area (Å²) in [7, 11) is 1.89. The van der Waals surface area contributed by atoms with Gasteiger partial charge in [-0.05, 0) is 20.9 Å². The molecular formula is C9H18N2O2. The second kappa shape index (κ2) is 4.58. The van der Waals surface area contributed by atoms with Gasteiger partial charge in [0, 0.05) is 12.6 Å². The summed E-state index contributed by atoms with van der Waals surface area (Å²) in [5.74, 6) is 0.0986. The van der Waals surface area contributed by atoms with Gasteiger partial charge in [-0.15, -0.1) is 0 Å². The Kier molecular flexibility index (Phi) is 3.69. The maximum atomic E-state index is 11.5. The van der Waals surface area contributed by atoms with Crippen LogP contribution in [0.3, 0.4) is 0 Å². The van der Waals surface area contributed by atoms with E-state index in [-0.39, 0.29) is 24.6 Å². The molecular weight excluding hydrogens is 168 g/mol. The minimum Gasteiger partial charge on any atom is -0.369 e. The molecule has 1 atom stereocenters. The minimum atomic E-state index is 0.0986. The van der Waals surface area contributed by atoms with E-state index in [1.54, 1.807) is 0 Å². The first-order valence-electron chi connectivity index (χ1n) is 4.70. The lowest BCUT2D eigenvalue weighted by Crippen LogP contribution is -2.55. The Hall–Kier alpha value is -0.610. The standard InChI is InChI=1S/C9H18N2O2/c1-7(2)11-8(4-10-3)5-13-6-9(11)12/h7-8,10H,4-6H2,1-3H3. The molecule has 0 bridgehead atoms. The van der Waals surface area contributed by atoms with Crippen molar-refractivity contribution in [2.45, 2.75) is 25.9 Å². The van der Waals surface area contributed by atoms with E-state index < -0.39 is 0 Å². The molecule has 0 spiro atoms. The molecule has 1 N–H and O–H groups in total. The maximum Gasteiger partial charge on any atom is 0.249 e. The lowest BCUT2D eigenvalue weighted by molar-refractivity contribution is -0.150.